The van der Waals surface area contributed by atoms with Crippen molar-refractivity contribution in [1.29, 1.82) is 5.26 Å². The third-order valence-corrected chi connectivity index (χ3v) is 7.85. The number of carbonyl (C=O) groups excluding carboxylic acids is 3. The van der Waals surface area contributed by atoms with Gasteiger partial charge in [-0.25, -0.2) is 18.9 Å². The summed E-state index contributed by atoms with van der Waals surface area (Å²) in [7, 11) is -3.60. The highest BCUT2D eigenvalue weighted by molar-refractivity contribution is 8.23. The first-order chi connectivity index (χ1) is 19.1. The van der Waals surface area contributed by atoms with Crippen LogP contribution < -0.4 is 10.2 Å². The molecule has 41 heavy (non-hydrogen) atoms. The lowest BCUT2D eigenvalue weighted by molar-refractivity contribution is -0.137. The molecule has 1 aliphatic heterocycles. The number of hydrogen-bond donors (Lipinski definition) is 3. The van der Waals surface area contributed by atoms with Gasteiger partial charge in [0.25, 0.3) is 0 Å². The number of benzene rings is 2. The highest BCUT2D eigenvalue weighted by Crippen LogP contribution is 2.52. The van der Waals surface area contributed by atoms with Crippen LogP contribution in [0.1, 0.15) is 48.9 Å². The van der Waals surface area contributed by atoms with Gasteiger partial charge in [0.1, 0.15) is 12.2 Å². The summed E-state index contributed by atoms with van der Waals surface area (Å²) in [6.07, 6.45) is -4.87. The SMILES string of the molecule is CC(F)CNC(=O)N1C(=O)N(c2cccc(C(F)(F)F)c2)C2=C(C(=O)CCC2)[C@H]1c1ccc(C#N)cc1S(C)(O)O. The van der Waals surface area contributed by atoms with Crippen LogP contribution in [0.25, 0.3) is 0 Å². The first-order valence-electron chi connectivity index (χ1n) is 12.4. The Morgan fingerprint density at radius 1 is 1.20 bits per heavy atom. The molecule has 0 saturated heterocycles. The summed E-state index contributed by atoms with van der Waals surface area (Å²) in [6.45, 7) is 0.628. The van der Waals surface area contributed by atoms with Gasteiger partial charge in [-0.05, 0) is 50.1 Å². The van der Waals surface area contributed by atoms with Crippen molar-refractivity contribution < 1.29 is 41.1 Å². The number of alkyl halides is 4. The molecule has 2 aliphatic rings. The molecule has 218 valence electrons. The number of anilines is 1. The van der Waals surface area contributed by atoms with Crippen LogP contribution in [-0.2, 0) is 11.0 Å². The summed E-state index contributed by atoms with van der Waals surface area (Å²) in [5.74, 6) is -0.514. The maximum Gasteiger partial charge on any atom is 0.416 e. The fourth-order valence-corrected chi connectivity index (χ4v) is 5.89. The molecule has 0 saturated carbocycles. The van der Waals surface area contributed by atoms with Crippen molar-refractivity contribution in [2.24, 2.45) is 0 Å². The van der Waals surface area contributed by atoms with E-state index in [9.17, 15) is 46.3 Å². The van der Waals surface area contributed by atoms with E-state index in [1.54, 1.807) is 0 Å². The number of allylic oxidation sites excluding steroid dienone is 1. The molecule has 2 aromatic rings. The molecule has 2 aromatic carbocycles. The van der Waals surface area contributed by atoms with Gasteiger partial charge in [0, 0.05) is 29.5 Å². The Morgan fingerprint density at radius 2 is 1.90 bits per heavy atom. The van der Waals surface area contributed by atoms with Crippen LogP contribution in [0.4, 0.5) is 32.8 Å². The zero-order chi connectivity index (χ0) is 30.3. The number of urea groups is 2. The summed E-state index contributed by atoms with van der Waals surface area (Å²) >= 11 is 0. The Bertz CT molecular complexity index is 1480. The highest BCUT2D eigenvalue weighted by Gasteiger charge is 2.48. The molecule has 3 N–H and O–H groups in total. The maximum absolute atomic E-state index is 14.1. The first-order valence-corrected chi connectivity index (χ1v) is 14.4. The van der Waals surface area contributed by atoms with Gasteiger partial charge in [0.2, 0.25) is 0 Å². The maximum atomic E-state index is 14.1. The smallest absolute Gasteiger partial charge is 0.335 e. The minimum absolute atomic E-state index is 0.00901. The molecule has 0 fully saturated rings. The second-order valence-corrected chi connectivity index (χ2v) is 11.8. The molecule has 0 bridgehead atoms. The van der Waals surface area contributed by atoms with Gasteiger partial charge < -0.3 is 5.32 Å². The van der Waals surface area contributed by atoms with Crippen molar-refractivity contribution in [2.75, 3.05) is 17.7 Å². The Labute approximate surface area is 234 Å². The molecule has 4 amide bonds. The number of halogens is 4. The molecule has 0 spiro atoms. The van der Waals surface area contributed by atoms with Crippen molar-refractivity contribution in [3.8, 4) is 6.07 Å². The number of nitriles is 1. The van der Waals surface area contributed by atoms with Crippen LogP contribution in [0.3, 0.4) is 0 Å². The molecule has 1 unspecified atom stereocenters. The summed E-state index contributed by atoms with van der Waals surface area (Å²) in [5.41, 5.74) is -1.38. The van der Waals surface area contributed by atoms with E-state index < -0.39 is 58.9 Å². The Hall–Kier alpha value is -3.93. The van der Waals surface area contributed by atoms with Crippen molar-refractivity contribution >= 4 is 34.1 Å². The van der Waals surface area contributed by atoms with E-state index in [0.717, 1.165) is 36.3 Å². The predicted molar refractivity (Wildman–Crippen MR) is 142 cm³/mol. The van der Waals surface area contributed by atoms with Gasteiger partial charge in [-0.15, -0.1) is 0 Å². The fraction of sp³-hybridized carbons (Fsp3) is 0.333. The third-order valence-electron chi connectivity index (χ3n) is 6.67. The molecule has 14 heteroatoms. The number of ketones is 1. The Morgan fingerprint density at radius 3 is 2.51 bits per heavy atom. The highest BCUT2D eigenvalue weighted by atomic mass is 32.3. The van der Waals surface area contributed by atoms with E-state index in [0.29, 0.717) is 4.90 Å². The minimum Gasteiger partial charge on any atom is -0.335 e. The predicted octanol–water partition coefficient (Wildman–Crippen LogP) is 6.37. The number of imide groups is 1. The van der Waals surface area contributed by atoms with Crippen molar-refractivity contribution in [3.05, 3.63) is 70.4 Å². The van der Waals surface area contributed by atoms with Gasteiger partial charge >= 0.3 is 18.2 Å². The normalized spacial score (nSPS) is 19.0. The lowest BCUT2D eigenvalue weighted by Crippen LogP contribution is -2.57. The topological polar surface area (TPSA) is 134 Å². The molecule has 1 aliphatic carbocycles. The zero-order valence-electron chi connectivity index (χ0n) is 21.9. The van der Waals surface area contributed by atoms with E-state index in [-0.39, 0.29) is 52.2 Å². The van der Waals surface area contributed by atoms with Gasteiger partial charge in [-0.2, -0.15) is 29.0 Å². The number of amides is 4. The summed E-state index contributed by atoms with van der Waals surface area (Å²) in [4.78, 5) is 42.3. The third kappa shape index (κ3) is 5.92. The van der Waals surface area contributed by atoms with Crippen molar-refractivity contribution in [1.82, 2.24) is 10.2 Å². The summed E-state index contributed by atoms with van der Waals surface area (Å²) < 4.78 is 75.7. The lowest BCUT2D eigenvalue weighted by Gasteiger charge is -2.45. The van der Waals surface area contributed by atoms with E-state index in [1.807, 2.05) is 6.07 Å². The number of Topliss-reactive ketones (excluding diaryl/α,β-unsaturated/α-hetero) is 1. The second-order valence-electron chi connectivity index (χ2n) is 9.74. The summed E-state index contributed by atoms with van der Waals surface area (Å²) in [6, 6.07) is 5.64. The van der Waals surface area contributed by atoms with Crippen LogP contribution in [0, 0.1) is 11.3 Å². The van der Waals surface area contributed by atoms with E-state index >= 15 is 0 Å². The van der Waals surface area contributed by atoms with Gasteiger partial charge in [-0.1, -0.05) is 12.1 Å². The molecule has 1 heterocycles. The fourth-order valence-electron chi connectivity index (χ4n) is 4.92. The van der Waals surface area contributed by atoms with Gasteiger partial charge in [0.05, 0.1) is 34.3 Å². The molecular formula is C27H26F4N4O5S. The zero-order valence-corrected chi connectivity index (χ0v) is 22.7. The number of rotatable bonds is 5. The average Bonchev–Trinajstić information content (AvgIpc) is 2.90. The van der Waals surface area contributed by atoms with Crippen LogP contribution >= 0.6 is 10.6 Å². The lowest BCUT2D eigenvalue weighted by atomic mass is 9.83. The molecule has 0 radical (unpaired) electrons. The van der Waals surface area contributed by atoms with Crippen molar-refractivity contribution in [3.63, 3.8) is 0 Å². The van der Waals surface area contributed by atoms with Crippen LogP contribution in [0.2, 0.25) is 0 Å². The monoisotopic (exact) mass is 594 g/mol. The van der Waals surface area contributed by atoms with Gasteiger partial charge in [-0.3, -0.25) is 18.8 Å². The number of nitrogens with zero attached hydrogens (tertiary/aromatic N) is 3. The average molecular weight is 595 g/mol. The molecule has 9 nitrogen and oxygen atoms in total. The van der Waals surface area contributed by atoms with Crippen LogP contribution in [0.15, 0.2) is 58.6 Å². The Kier molecular flexibility index (Phi) is 8.17. The van der Waals surface area contributed by atoms with Crippen LogP contribution in [0.5, 0.6) is 0 Å². The first kappa shape index (κ1) is 30.0. The molecular weight excluding hydrogens is 568 g/mol. The molecule has 2 atom stereocenters. The molecule has 4 rings (SSSR count). The largest absolute Gasteiger partial charge is 0.416 e. The van der Waals surface area contributed by atoms with E-state index in [2.05, 4.69) is 5.32 Å². The summed E-state index contributed by atoms with van der Waals surface area (Å²) in [5, 5.41) is 11.6. The number of carbonyl (C=O) groups is 3. The van der Waals surface area contributed by atoms with E-state index in [4.69, 9.17) is 0 Å². The second kappa shape index (κ2) is 11.2. The molecule has 0 aromatic heterocycles. The van der Waals surface area contributed by atoms with E-state index in [1.165, 1.54) is 24.3 Å². The Balaban J connectivity index is 2.03. The van der Waals surface area contributed by atoms with Crippen molar-refractivity contribution in [2.45, 2.75) is 49.5 Å². The van der Waals surface area contributed by atoms with Gasteiger partial charge in [0.15, 0.2) is 5.78 Å². The quantitative estimate of drug-likeness (QED) is 0.344. The number of nitrogens with one attached hydrogen (secondary N) is 1. The number of hydrogen-bond acceptors (Lipinski definition) is 6. The minimum atomic E-state index is -4.75. The van der Waals surface area contributed by atoms with Crippen LogP contribution in [-0.4, -0.2) is 50.8 Å². The standard InChI is InChI=1S/C27H26F4N4O5S/c1-15(28)14-33-25(37)35-24(19-10-9-16(13-32)11-22(19)41(2,39)40)23-20(7-4-8-21(23)36)34(26(35)38)18-6-3-5-17(12-18)27(29,30)31/h3,5-6,9-12,15,24,39-40H,4,7-8,14H2,1-2H3,(H,33,37)/t15?,24-/m1/s1.